The van der Waals surface area contributed by atoms with E-state index in [4.69, 9.17) is 0 Å². The van der Waals surface area contributed by atoms with Gasteiger partial charge in [-0.1, -0.05) is 38.5 Å². The molecule has 0 heterocycles. The number of anilines is 1. The molecule has 0 radical (unpaired) electrons. The largest absolute Gasteiger partial charge is 0.385 e. The molecular weight excluding hydrogens is 282 g/mol. The van der Waals surface area contributed by atoms with Gasteiger partial charge in [-0.05, 0) is 42.2 Å². The molecule has 0 amide bonds. The lowest BCUT2D eigenvalue weighted by atomic mass is 9.72. The van der Waals surface area contributed by atoms with Crippen molar-refractivity contribution < 1.29 is 8.42 Å². The Morgan fingerprint density at radius 2 is 2.00 bits per heavy atom. The van der Waals surface area contributed by atoms with Crippen LogP contribution in [0.15, 0.2) is 24.3 Å². The number of rotatable bonds is 5. The predicted octanol–water partition coefficient (Wildman–Crippen LogP) is 3.86. The van der Waals surface area contributed by atoms with Gasteiger partial charge in [-0.2, -0.15) is 0 Å². The van der Waals surface area contributed by atoms with Gasteiger partial charge in [-0.3, -0.25) is 0 Å². The molecule has 1 atom stereocenters. The standard InChI is InChI=1S/C17H27NO2S/c1-17(2)10-6-7-14(11-17)12-18-16-9-5-4-8-15(16)13-21(3,19)20/h4-5,8-9,14,18H,6-7,10-13H2,1-3H3/t14-/m1/s1. The van der Waals surface area contributed by atoms with E-state index < -0.39 is 9.84 Å². The lowest BCUT2D eigenvalue weighted by molar-refractivity contribution is 0.187. The Labute approximate surface area is 129 Å². The van der Waals surface area contributed by atoms with E-state index in [9.17, 15) is 8.42 Å². The molecule has 2 rings (SSSR count). The summed E-state index contributed by atoms with van der Waals surface area (Å²) in [6.45, 7) is 5.62. The van der Waals surface area contributed by atoms with Gasteiger partial charge in [0.15, 0.2) is 9.84 Å². The normalized spacial score (nSPS) is 22.0. The average Bonchev–Trinajstić information content (AvgIpc) is 2.35. The first-order chi connectivity index (χ1) is 9.75. The highest BCUT2D eigenvalue weighted by molar-refractivity contribution is 7.89. The maximum atomic E-state index is 11.5. The van der Waals surface area contributed by atoms with Crippen molar-refractivity contribution in [1.29, 1.82) is 0 Å². The van der Waals surface area contributed by atoms with Gasteiger partial charge in [-0.15, -0.1) is 0 Å². The molecular formula is C17H27NO2S. The van der Waals surface area contributed by atoms with Crippen molar-refractivity contribution in [2.75, 3.05) is 18.1 Å². The highest BCUT2D eigenvalue weighted by atomic mass is 32.2. The van der Waals surface area contributed by atoms with Gasteiger partial charge in [0.25, 0.3) is 0 Å². The summed E-state index contributed by atoms with van der Waals surface area (Å²) in [6, 6.07) is 7.73. The van der Waals surface area contributed by atoms with Gasteiger partial charge in [0.1, 0.15) is 0 Å². The van der Waals surface area contributed by atoms with Crippen molar-refractivity contribution in [1.82, 2.24) is 0 Å². The molecule has 1 aliphatic rings. The fourth-order valence-corrected chi connectivity index (χ4v) is 4.20. The number of benzene rings is 1. The third kappa shape index (κ3) is 5.34. The van der Waals surface area contributed by atoms with Gasteiger partial charge >= 0.3 is 0 Å². The van der Waals surface area contributed by atoms with E-state index in [-0.39, 0.29) is 5.75 Å². The number of hydrogen-bond acceptors (Lipinski definition) is 3. The van der Waals surface area contributed by atoms with Crippen LogP contribution in [-0.4, -0.2) is 21.2 Å². The first kappa shape index (κ1) is 16.3. The Morgan fingerprint density at radius 3 is 2.67 bits per heavy atom. The number of para-hydroxylation sites is 1. The smallest absolute Gasteiger partial charge is 0.151 e. The Kier molecular flexibility index (Phi) is 4.97. The third-order valence-electron chi connectivity index (χ3n) is 4.32. The molecule has 0 aromatic heterocycles. The zero-order valence-electron chi connectivity index (χ0n) is 13.4. The van der Waals surface area contributed by atoms with Crippen LogP contribution in [0.3, 0.4) is 0 Å². The summed E-state index contributed by atoms with van der Waals surface area (Å²) in [7, 11) is -3.00. The van der Waals surface area contributed by atoms with E-state index >= 15 is 0 Å². The molecule has 4 heteroatoms. The fraction of sp³-hybridized carbons (Fsp3) is 0.647. The zero-order chi connectivity index (χ0) is 15.5. The summed E-state index contributed by atoms with van der Waals surface area (Å²) in [4.78, 5) is 0. The second kappa shape index (κ2) is 6.39. The maximum absolute atomic E-state index is 11.5. The number of sulfone groups is 1. The fourth-order valence-electron chi connectivity index (χ4n) is 3.38. The Bertz CT molecular complexity index is 578. The summed E-state index contributed by atoms with van der Waals surface area (Å²) in [6.07, 6.45) is 6.41. The second-order valence-corrected chi connectivity index (χ2v) is 9.37. The quantitative estimate of drug-likeness (QED) is 0.898. The molecule has 0 unspecified atom stereocenters. The summed E-state index contributed by atoms with van der Waals surface area (Å²) >= 11 is 0. The van der Waals surface area contributed by atoms with Crippen LogP contribution in [-0.2, 0) is 15.6 Å². The molecule has 3 nitrogen and oxygen atoms in total. The molecule has 1 aromatic rings. The highest BCUT2D eigenvalue weighted by Gasteiger charge is 2.27. The zero-order valence-corrected chi connectivity index (χ0v) is 14.2. The van der Waals surface area contributed by atoms with E-state index in [1.54, 1.807) is 0 Å². The molecule has 0 spiro atoms. The van der Waals surface area contributed by atoms with Crippen molar-refractivity contribution in [3.8, 4) is 0 Å². The van der Waals surface area contributed by atoms with Crippen molar-refractivity contribution in [2.45, 2.75) is 45.3 Å². The SMILES string of the molecule is CC1(C)CCC[C@@H](CNc2ccccc2CS(C)(=O)=O)C1. The summed E-state index contributed by atoms with van der Waals surface area (Å²) in [5.41, 5.74) is 2.28. The van der Waals surface area contributed by atoms with Crippen LogP contribution in [0.5, 0.6) is 0 Å². The van der Waals surface area contributed by atoms with Crippen LogP contribution in [0.2, 0.25) is 0 Å². The van der Waals surface area contributed by atoms with Crippen LogP contribution < -0.4 is 5.32 Å². The number of nitrogens with one attached hydrogen (secondary N) is 1. The van der Waals surface area contributed by atoms with Crippen LogP contribution in [0.25, 0.3) is 0 Å². The summed E-state index contributed by atoms with van der Waals surface area (Å²) in [5, 5.41) is 3.48. The lowest BCUT2D eigenvalue weighted by Gasteiger charge is -2.35. The van der Waals surface area contributed by atoms with Gasteiger partial charge < -0.3 is 5.32 Å². The molecule has 1 fully saturated rings. The van der Waals surface area contributed by atoms with Gasteiger partial charge in [0, 0.05) is 18.5 Å². The third-order valence-corrected chi connectivity index (χ3v) is 5.16. The Balaban J connectivity index is 2.00. The Hall–Kier alpha value is -1.03. The molecule has 1 aromatic carbocycles. The lowest BCUT2D eigenvalue weighted by Crippen LogP contribution is -2.27. The van der Waals surface area contributed by atoms with Crippen molar-refractivity contribution in [3.05, 3.63) is 29.8 Å². The average molecular weight is 309 g/mol. The molecule has 0 aliphatic heterocycles. The molecule has 0 saturated heterocycles. The molecule has 21 heavy (non-hydrogen) atoms. The van der Waals surface area contributed by atoms with Crippen molar-refractivity contribution in [3.63, 3.8) is 0 Å². The molecule has 1 aliphatic carbocycles. The van der Waals surface area contributed by atoms with E-state index in [2.05, 4.69) is 19.2 Å². The van der Waals surface area contributed by atoms with Crippen LogP contribution in [0.1, 0.15) is 45.1 Å². The predicted molar refractivity (Wildman–Crippen MR) is 89.2 cm³/mol. The van der Waals surface area contributed by atoms with E-state index in [0.29, 0.717) is 11.3 Å². The summed E-state index contributed by atoms with van der Waals surface area (Å²) < 4.78 is 23.0. The minimum Gasteiger partial charge on any atom is -0.385 e. The van der Waals surface area contributed by atoms with Gasteiger partial charge in [-0.25, -0.2) is 8.42 Å². The van der Waals surface area contributed by atoms with Crippen LogP contribution in [0, 0.1) is 11.3 Å². The van der Waals surface area contributed by atoms with Crippen LogP contribution >= 0.6 is 0 Å². The first-order valence-corrected chi connectivity index (χ1v) is 9.81. The van der Waals surface area contributed by atoms with Crippen molar-refractivity contribution in [2.24, 2.45) is 11.3 Å². The van der Waals surface area contributed by atoms with E-state index in [1.165, 1.54) is 31.9 Å². The molecule has 0 bridgehead atoms. The minimum absolute atomic E-state index is 0.104. The highest BCUT2D eigenvalue weighted by Crippen LogP contribution is 2.38. The molecule has 1 saturated carbocycles. The minimum atomic E-state index is -3.00. The monoisotopic (exact) mass is 309 g/mol. The molecule has 118 valence electrons. The van der Waals surface area contributed by atoms with Crippen molar-refractivity contribution >= 4 is 15.5 Å². The van der Waals surface area contributed by atoms with E-state index in [1.807, 2.05) is 24.3 Å². The molecule has 1 N–H and O–H groups in total. The van der Waals surface area contributed by atoms with E-state index in [0.717, 1.165) is 17.8 Å². The number of hydrogen-bond donors (Lipinski definition) is 1. The van der Waals surface area contributed by atoms with Crippen LogP contribution in [0.4, 0.5) is 5.69 Å². The second-order valence-electron chi connectivity index (χ2n) is 7.23. The topological polar surface area (TPSA) is 46.2 Å². The first-order valence-electron chi connectivity index (χ1n) is 7.75. The Morgan fingerprint density at radius 1 is 1.29 bits per heavy atom. The van der Waals surface area contributed by atoms with Gasteiger partial charge in [0.2, 0.25) is 0 Å². The maximum Gasteiger partial charge on any atom is 0.151 e. The summed E-state index contributed by atoms with van der Waals surface area (Å²) in [5.74, 6) is 0.784. The van der Waals surface area contributed by atoms with Gasteiger partial charge in [0.05, 0.1) is 5.75 Å².